The lowest BCUT2D eigenvalue weighted by Gasteiger charge is -2.41. The molecule has 0 aliphatic carbocycles. The number of aryl methyl sites for hydroxylation is 1. The maximum Gasteiger partial charge on any atom is 0.162 e. The Morgan fingerprint density at radius 1 is 0.973 bits per heavy atom. The molecule has 2 aliphatic rings. The van der Waals surface area contributed by atoms with Gasteiger partial charge in [-0.2, -0.15) is 0 Å². The Kier molecular flexibility index (Phi) is 6.88. The van der Waals surface area contributed by atoms with E-state index in [2.05, 4.69) is 60.4 Å². The van der Waals surface area contributed by atoms with Crippen molar-refractivity contribution in [2.45, 2.75) is 53.1 Å². The molecule has 0 saturated heterocycles. The molecule has 3 heterocycles. The van der Waals surface area contributed by atoms with Crippen LogP contribution in [-0.4, -0.2) is 35.3 Å². The van der Waals surface area contributed by atoms with Crippen LogP contribution in [-0.2, 0) is 32.7 Å². The number of rotatable bonds is 6. The van der Waals surface area contributed by atoms with Crippen molar-refractivity contribution in [3.05, 3.63) is 88.1 Å². The van der Waals surface area contributed by atoms with Crippen LogP contribution in [0.1, 0.15) is 47.0 Å². The second-order valence-electron chi connectivity index (χ2n) is 9.79. The molecule has 0 bridgehead atoms. The highest BCUT2D eigenvalue weighted by Crippen LogP contribution is 2.45. The fourth-order valence-corrected chi connectivity index (χ4v) is 5.85. The number of aliphatic hydroxyl groups excluding tert-OH is 1. The van der Waals surface area contributed by atoms with Crippen LogP contribution in [0.5, 0.6) is 17.2 Å². The summed E-state index contributed by atoms with van der Waals surface area (Å²) in [5.74, 6) is 2.40. The monoisotopic (exact) mass is 500 g/mol. The maximum absolute atomic E-state index is 10.2. The Morgan fingerprint density at radius 2 is 1.78 bits per heavy atom. The lowest BCUT2D eigenvalue weighted by molar-refractivity contribution is 0.145. The average Bonchev–Trinajstić information content (AvgIpc) is 3.22. The minimum Gasteiger partial charge on any atom is -0.497 e. The Bertz CT molecular complexity index is 1420. The van der Waals surface area contributed by atoms with Crippen molar-refractivity contribution in [2.75, 3.05) is 20.8 Å². The van der Waals surface area contributed by atoms with E-state index in [9.17, 15) is 5.11 Å². The van der Waals surface area contributed by atoms with E-state index in [1.165, 1.54) is 27.9 Å². The zero-order valence-corrected chi connectivity index (χ0v) is 21.1. The predicted molar refractivity (Wildman–Crippen MR) is 147 cm³/mol. The smallest absolute Gasteiger partial charge is 0.162 e. The first-order chi connectivity index (χ1) is 17.6. The fraction of sp³-hybridized carbons (Fsp3) is 0.355. The van der Waals surface area contributed by atoms with E-state index in [1.54, 1.807) is 14.2 Å². The van der Waals surface area contributed by atoms with Gasteiger partial charge in [0.2, 0.25) is 0 Å². The molecule has 0 fully saturated rings. The van der Waals surface area contributed by atoms with Gasteiger partial charge in [0.05, 0.1) is 19.7 Å². The van der Waals surface area contributed by atoms with E-state index in [4.69, 9.17) is 14.2 Å². The normalized spacial score (nSPS) is 16.4. The number of ether oxygens (including phenoxy) is 3. The summed E-state index contributed by atoms with van der Waals surface area (Å²) >= 11 is 0. The maximum atomic E-state index is 10.2. The number of methoxy groups -OCH3 is 2. The van der Waals surface area contributed by atoms with Crippen LogP contribution in [0.4, 0.5) is 0 Å². The van der Waals surface area contributed by atoms with Crippen molar-refractivity contribution in [1.29, 1.82) is 0 Å². The molecular weight excluding hydrogens is 464 g/mol. The number of nitrogens with zero attached hydrogens (tertiary/aromatic N) is 2. The van der Waals surface area contributed by atoms with E-state index < -0.39 is 0 Å². The van der Waals surface area contributed by atoms with Crippen molar-refractivity contribution in [2.24, 2.45) is 0 Å². The summed E-state index contributed by atoms with van der Waals surface area (Å²) in [5, 5.41) is 11.4. The summed E-state index contributed by atoms with van der Waals surface area (Å²) in [6.07, 6.45) is 1.84. The van der Waals surface area contributed by atoms with Gasteiger partial charge in [-0.15, -0.1) is 0 Å². The van der Waals surface area contributed by atoms with E-state index >= 15 is 0 Å². The molecule has 0 saturated carbocycles. The third-order valence-electron chi connectivity index (χ3n) is 7.79. The van der Waals surface area contributed by atoms with Gasteiger partial charge in [0, 0.05) is 30.2 Å². The fourth-order valence-electron chi connectivity index (χ4n) is 5.85. The summed E-state index contributed by atoms with van der Waals surface area (Å²) in [6.45, 7) is 4.34. The Morgan fingerprint density at radius 3 is 2.51 bits per heavy atom. The first kappa shape index (κ1) is 25.2. The van der Waals surface area contributed by atoms with Crippen molar-refractivity contribution >= 4 is 10.9 Å². The average molecular weight is 501 g/mol. The van der Waals surface area contributed by atoms with Crippen LogP contribution in [0.2, 0.25) is 0 Å². The minimum absolute atomic E-state index is 0. The minimum atomic E-state index is -0.0263. The van der Waals surface area contributed by atoms with Crippen LogP contribution >= 0.6 is 0 Å². The molecule has 194 valence electrons. The number of hydrogen-bond donors (Lipinski definition) is 1. The molecule has 1 atom stereocenters. The highest BCUT2D eigenvalue weighted by Gasteiger charge is 2.36. The molecule has 1 N–H and O–H groups in total. The summed E-state index contributed by atoms with van der Waals surface area (Å²) in [6, 6.07) is 19.1. The van der Waals surface area contributed by atoms with Gasteiger partial charge in [0.15, 0.2) is 11.5 Å². The number of aliphatic hydroxyl groups is 1. The molecule has 2 aliphatic heterocycles. The molecule has 6 rings (SSSR count). The molecular formula is C31H36N2O4. The first-order valence-electron chi connectivity index (χ1n) is 12.5. The van der Waals surface area contributed by atoms with Crippen molar-refractivity contribution in [3.63, 3.8) is 0 Å². The highest BCUT2D eigenvalue weighted by atomic mass is 16.5. The molecule has 4 aromatic rings. The first-order valence-corrected chi connectivity index (χ1v) is 12.5. The molecule has 0 spiro atoms. The Labute approximate surface area is 219 Å². The SMILES string of the molecule is C.COc1ccc2c(c1)c1c(n2CO)CN2CCc3cc(OC)c(OCc4ccc(C)cc4)cc3C2C1. The van der Waals surface area contributed by atoms with Crippen molar-refractivity contribution in [3.8, 4) is 17.2 Å². The van der Waals surface area contributed by atoms with E-state index in [1.807, 2.05) is 10.6 Å². The third kappa shape index (κ3) is 4.34. The summed E-state index contributed by atoms with van der Waals surface area (Å²) < 4.78 is 19.6. The van der Waals surface area contributed by atoms with Gasteiger partial charge in [-0.25, -0.2) is 0 Å². The van der Waals surface area contributed by atoms with Gasteiger partial charge >= 0.3 is 0 Å². The second kappa shape index (κ2) is 10.1. The number of aromatic nitrogens is 1. The lowest BCUT2D eigenvalue weighted by atomic mass is 9.85. The molecule has 37 heavy (non-hydrogen) atoms. The number of hydrogen-bond acceptors (Lipinski definition) is 5. The Hall–Kier alpha value is -3.48. The molecule has 6 nitrogen and oxygen atoms in total. The van der Waals surface area contributed by atoms with Crippen LogP contribution < -0.4 is 14.2 Å². The molecule has 1 aromatic heterocycles. The highest BCUT2D eigenvalue weighted by molar-refractivity contribution is 5.87. The van der Waals surface area contributed by atoms with Crippen LogP contribution in [0.25, 0.3) is 10.9 Å². The number of benzene rings is 3. The zero-order valence-electron chi connectivity index (χ0n) is 21.1. The molecule has 3 aromatic carbocycles. The number of fused-ring (bicyclic) bond motifs is 6. The van der Waals surface area contributed by atoms with E-state index in [0.717, 1.165) is 59.6 Å². The summed E-state index contributed by atoms with van der Waals surface area (Å²) in [5.41, 5.74) is 8.55. The van der Waals surface area contributed by atoms with E-state index in [0.29, 0.717) is 6.61 Å². The van der Waals surface area contributed by atoms with Crippen LogP contribution in [0.15, 0.2) is 54.6 Å². The largest absolute Gasteiger partial charge is 0.497 e. The van der Waals surface area contributed by atoms with Crippen molar-refractivity contribution < 1.29 is 19.3 Å². The molecule has 0 radical (unpaired) electrons. The molecule has 1 unspecified atom stereocenters. The predicted octanol–water partition coefficient (Wildman–Crippen LogP) is 5.79. The van der Waals surface area contributed by atoms with Gasteiger partial charge in [0.25, 0.3) is 0 Å². The van der Waals surface area contributed by atoms with Crippen LogP contribution in [0.3, 0.4) is 0 Å². The quantitative estimate of drug-likeness (QED) is 0.363. The molecule has 6 heteroatoms. The van der Waals surface area contributed by atoms with E-state index in [-0.39, 0.29) is 20.2 Å². The molecule has 0 amide bonds. The van der Waals surface area contributed by atoms with Crippen LogP contribution in [0, 0.1) is 6.92 Å². The van der Waals surface area contributed by atoms with Gasteiger partial charge in [-0.05, 0) is 72.4 Å². The van der Waals surface area contributed by atoms with Gasteiger partial charge in [0.1, 0.15) is 19.1 Å². The van der Waals surface area contributed by atoms with Gasteiger partial charge in [-0.3, -0.25) is 4.90 Å². The third-order valence-corrected chi connectivity index (χ3v) is 7.79. The lowest BCUT2D eigenvalue weighted by Crippen LogP contribution is -2.39. The second-order valence-corrected chi connectivity index (χ2v) is 9.79. The Balaban J connectivity index is 0.00000280. The topological polar surface area (TPSA) is 56.1 Å². The zero-order chi connectivity index (χ0) is 24.8. The summed E-state index contributed by atoms with van der Waals surface area (Å²) in [4.78, 5) is 2.53. The van der Waals surface area contributed by atoms with Crippen molar-refractivity contribution in [1.82, 2.24) is 9.47 Å². The standard InChI is InChI=1S/C30H32N2O4.CH4/c1-19-4-6-20(7-5-19)17-36-30-15-23-21(12-29(30)35-3)10-11-31-16-28-25(14-27(23)31)24-13-22(34-2)8-9-26(24)32(28)18-33;/h4-9,12-13,15,27,33H,10-11,14,16-18H2,1-3H3;1H4. The van der Waals surface area contributed by atoms with Gasteiger partial charge < -0.3 is 23.9 Å². The van der Waals surface area contributed by atoms with Gasteiger partial charge in [-0.1, -0.05) is 37.3 Å². The summed E-state index contributed by atoms with van der Waals surface area (Å²) in [7, 11) is 3.40.